The molecule has 0 aromatic carbocycles. The average Bonchev–Trinajstić information content (AvgIpc) is 2.80. The number of hydrogen-bond acceptors (Lipinski definition) is 6. The summed E-state index contributed by atoms with van der Waals surface area (Å²) in [6, 6.07) is 0. The summed E-state index contributed by atoms with van der Waals surface area (Å²) in [6.45, 7) is 12.4. The predicted octanol–water partition coefficient (Wildman–Crippen LogP) is 2.16. The van der Waals surface area contributed by atoms with Crippen LogP contribution in [0, 0.1) is 23.7 Å². The monoisotopic (exact) mass is 394 g/mol. The Kier molecular flexibility index (Phi) is 6.58. The van der Waals surface area contributed by atoms with Gasteiger partial charge < -0.3 is 20.1 Å². The minimum Gasteiger partial charge on any atom is -0.459 e. The Morgan fingerprint density at radius 2 is 1.89 bits per heavy atom. The van der Waals surface area contributed by atoms with Gasteiger partial charge in [0.1, 0.15) is 11.2 Å². The van der Waals surface area contributed by atoms with Crippen molar-refractivity contribution in [1.82, 2.24) is 0 Å². The molecule has 0 bridgehead atoms. The number of carbonyl (C=O) groups excluding carboxylic acids is 2. The minimum atomic E-state index is -1.81. The SMILES string of the molecule is C=C1CC[C@H](C(C)(C)OC(C)=O)/C=C/[C@@H](C)C(=O)[C@@]2(O)C[C@H](C)[C@H](O)[C@@H]2[C@H]1O. The Bertz CT molecular complexity index is 666. The molecule has 2 aliphatic carbocycles. The fraction of sp³-hybridized carbons (Fsp3) is 0.727. The highest BCUT2D eigenvalue weighted by molar-refractivity contribution is 5.91. The van der Waals surface area contributed by atoms with Crippen LogP contribution in [0.5, 0.6) is 0 Å². The highest BCUT2D eigenvalue weighted by Gasteiger charge is 2.58. The average molecular weight is 395 g/mol. The molecule has 7 atom stereocenters. The number of esters is 1. The first-order chi connectivity index (χ1) is 12.8. The van der Waals surface area contributed by atoms with Crippen LogP contribution < -0.4 is 0 Å². The third-order valence-corrected chi connectivity index (χ3v) is 6.44. The van der Waals surface area contributed by atoms with E-state index >= 15 is 0 Å². The third kappa shape index (κ3) is 4.24. The van der Waals surface area contributed by atoms with E-state index in [0.29, 0.717) is 18.4 Å². The molecule has 0 aromatic heterocycles. The summed E-state index contributed by atoms with van der Waals surface area (Å²) in [5.41, 5.74) is -2.16. The first-order valence-electron chi connectivity index (χ1n) is 9.99. The largest absolute Gasteiger partial charge is 0.459 e. The van der Waals surface area contributed by atoms with Crippen LogP contribution in [0.4, 0.5) is 0 Å². The van der Waals surface area contributed by atoms with Crippen LogP contribution in [-0.4, -0.2) is 50.5 Å². The van der Waals surface area contributed by atoms with Crippen LogP contribution in [0.2, 0.25) is 0 Å². The number of aliphatic hydroxyl groups is 3. The highest BCUT2D eigenvalue weighted by Crippen LogP contribution is 2.46. The van der Waals surface area contributed by atoms with Crippen LogP contribution in [0.3, 0.4) is 0 Å². The van der Waals surface area contributed by atoms with Gasteiger partial charge in [-0.2, -0.15) is 0 Å². The molecule has 0 radical (unpaired) electrons. The van der Waals surface area contributed by atoms with Gasteiger partial charge in [-0.1, -0.05) is 32.6 Å². The highest BCUT2D eigenvalue weighted by atomic mass is 16.6. The molecule has 1 saturated carbocycles. The number of fused-ring (bicyclic) bond motifs is 1. The Balaban J connectivity index is 2.44. The maximum absolute atomic E-state index is 13.1. The van der Waals surface area contributed by atoms with Crippen molar-refractivity contribution >= 4 is 11.8 Å². The molecule has 1 fully saturated rings. The first kappa shape index (κ1) is 22.8. The molecule has 6 heteroatoms. The van der Waals surface area contributed by atoms with E-state index in [2.05, 4.69) is 6.58 Å². The summed E-state index contributed by atoms with van der Waals surface area (Å²) in [5.74, 6) is -2.94. The zero-order valence-corrected chi connectivity index (χ0v) is 17.5. The Morgan fingerprint density at radius 1 is 1.29 bits per heavy atom. The van der Waals surface area contributed by atoms with E-state index in [0.717, 1.165) is 0 Å². The number of hydrogen-bond donors (Lipinski definition) is 3. The van der Waals surface area contributed by atoms with Gasteiger partial charge in [-0.25, -0.2) is 0 Å². The van der Waals surface area contributed by atoms with E-state index in [1.54, 1.807) is 19.9 Å². The fourth-order valence-corrected chi connectivity index (χ4v) is 4.74. The maximum Gasteiger partial charge on any atom is 0.303 e. The van der Waals surface area contributed by atoms with Crippen molar-refractivity contribution in [3.8, 4) is 0 Å². The van der Waals surface area contributed by atoms with Crippen molar-refractivity contribution in [3.05, 3.63) is 24.3 Å². The van der Waals surface area contributed by atoms with Crippen molar-refractivity contribution < 1.29 is 29.6 Å². The normalized spacial score (nSPS) is 41.1. The number of Topliss-reactive ketones (excluding diaryl/α,β-unsaturated/α-hetero) is 1. The van der Waals surface area contributed by atoms with Crippen LogP contribution in [0.1, 0.15) is 53.9 Å². The van der Waals surface area contributed by atoms with Gasteiger partial charge in [-0.3, -0.25) is 9.59 Å². The Morgan fingerprint density at radius 3 is 2.46 bits per heavy atom. The molecule has 0 aromatic rings. The lowest BCUT2D eigenvalue weighted by Gasteiger charge is -2.35. The van der Waals surface area contributed by atoms with Crippen molar-refractivity contribution in [3.63, 3.8) is 0 Å². The van der Waals surface area contributed by atoms with Gasteiger partial charge in [0.15, 0.2) is 5.78 Å². The molecular formula is C22H34O6. The molecular weight excluding hydrogens is 360 g/mol. The second-order valence-corrected chi connectivity index (χ2v) is 9.11. The molecule has 2 aliphatic rings. The number of ketones is 1. The molecule has 3 N–H and O–H groups in total. The van der Waals surface area contributed by atoms with E-state index in [4.69, 9.17) is 4.74 Å². The van der Waals surface area contributed by atoms with Crippen molar-refractivity contribution in [1.29, 1.82) is 0 Å². The second kappa shape index (κ2) is 8.09. The summed E-state index contributed by atoms with van der Waals surface area (Å²) in [5, 5.41) is 32.7. The van der Waals surface area contributed by atoms with E-state index in [1.807, 2.05) is 19.9 Å². The zero-order chi connectivity index (χ0) is 21.4. The van der Waals surface area contributed by atoms with Gasteiger partial charge in [-0.05, 0) is 44.6 Å². The van der Waals surface area contributed by atoms with Crippen LogP contribution in [0.15, 0.2) is 24.3 Å². The molecule has 0 aliphatic heterocycles. The van der Waals surface area contributed by atoms with Gasteiger partial charge in [0.25, 0.3) is 0 Å². The number of ether oxygens (including phenoxy) is 1. The molecule has 28 heavy (non-hydrogen) atoms. The van der Waals surface area contributed by atoms with Crippen molar-refractivity contribution in [2.24, 2.45) is 23.7 Å². The van der Waals surface area contributed by atoms with Gasteiger partial charge in [0.05, 0.1) is 18.1 Å². The Labute approximate surface area is 167 Å². The summed E-state index contributed by atoms with van der Waals surface area (Å²) >= 11 is 0. The fourth-order valence-electron chi connectivity index (χ4n) is 4.74. The lowest BCUT2D eigenvalue weighted by atomic mass is 9.76. The van der Waals surface area contributed by atoms with Gasteiger partial charge in [0, 0.05) is 18.8 Å². The summed E-state index contributed by atoms with van der Waals surface area (Å²) < 4.78 is 5.47. The number of rotatable bonds is 2. The molecule has 0 saturated heterocycles. The molecule has 0 heterocycles. The maximum atomic E-state index is 13.1. The first-order valence-corrected chi connectivity index (χ1v) is 9.99. The number of allylic oxidation sites excluding steroid dienone is 1. The molecule has 158 valence electrons. The second-order valence-electron chi connectivity index (χ2n) is 9.11. The van der Waals surface area contributed by atoms with Gasteiger partial charge in [-0.15, -0.1) is 0 Å². The lowest BCUT2D eigenvalue weighted by molar-refractivity contribution is -0.157. The van der Waals surface area contributed by atoms with Crippen LogP contribution in [-0.2, 0) is 14.3 Å². The smallest absolute Gasteiger partial charge is 0.303 e. The Hall–Kier alpha value is -1.50. The molecule has 0 spiro atoms. The third-order valence-electron chi connectivity index (χ3n) is 6.44. The van der Waals surface area contributed by atoms with E-state index in [1.165, 1.54) is 6.92 Å². The summed E-state index contributed by atoms with van der Waals surface area (Å²) in [4.78, 5) is 24.6. The number of aliphatic hydroxyl groups excluding tert-OH is 2. The standard InChI is InChI=1S/C22H34O6/c1-12-7-9-16(21(5,6)28-15(4)23)10-8-13(2)20(26)22(27)11-14(3)19(25)17(22)18(12)24/h8,10,13-14,16-19,24-25,27H,1,7,9,11H2,2-6H3/b10-8+/t13-,14+,16+,17+,18+,19+,22-/m1/s1. The van der Waals surface area contributed by atoms with Gasteiger partial charge in [0.2, 0.25) is 0 Å². The van der Waals surface area contributed by atoms with Crippen molar-refractivity contribution in [2.45, 2.75) is 77.3 Å². The van der Waals surface area contributed by atoms with Crippen LogP contribution in [0.25, 0.3) is 0 Å². The summed E-state index contributed by atoms with van der Waals surface area (Å²) in [7, 11) is 0. The van der Waals surface area contributed by atoms with Crippen molar-refractivity contribution in [2.75, 3.05) is 0 Å². The van der Waals surface area contributed by atoms with Gasteiger partial charge >= 0.3 is 5.97 Å². The lowest BCUT2D eigenvalue weighted by Crippen LogP contribution is -2.52. The summed E-state index contributed by atoms with van der Waals surface area (Å²) in [6.07, 6.45) is 2.44. The number of carbonyl (C=O) groups is 2. The van der Waals surface area contributed by atoms with Crippen LogP contribution >= 0.6 is 0 Å². The topological polar surface area (TPSA) is 104 Å². The van der Waals surface area contributed by atoms with E-state index in [9.17, 15) is 24.9 Å². The predicted molar refractivity (Wildman–Crippen MR) is 105 cm³/mol. The molecule has 0 amide bonds. The quantitative estimate of drug-likeness (QED) is 0.490. The van der Waals surface area contributed by atoms with E-state index < -0.39 is 47.0 Å². The molecule has 2 rings (SSSR count). The molecule has 6 nitrogen and oxygen atoms in total. The zero-order valence-electron chi connectivity index (χ0n) is 17.5. The minimum absolute atomic E-state index is 0.0998. The molecule has 0 unspecified atom stereocenters. The van der Waals surface area contributed by atoms with E-state index in [-0.39, 0.29) is 18.3 Å².